The van der Waals surface area contributed by atoms with Crippen LogP contribution >= 0.6 is 11.3 Å². The molecule has 1 aliphatic heterocycles. The maximum absolute atomic E-state index is 13.2. The van der Waals surface area contributed by atoms with Gasteiger partial charge in [0.05, 0.1) is 23.5 Å². The number of carbonyl (C=O) groups is 2. The zero-order valence-corrected chi connectivity index (χ0v) is 20.0. The standard InChI is InChI=1S/C26H28N4O2S/c1-4-29(5-2)19-12-13-20(18(3)15-19)28-25(31)17-30-23-10-7-6-9-21(23)27-22(16-26(30)32)24-11-8-14-33-24/h6-15H,4-5,16-17H2,1-3H3,(H,28,31). The molecular weight excluding hydrogens is 432 g/mol. The Morgan fingerprint density at radius 1 is 1.12 bits per heavy atom. The van der Waals surface area contributed by atoms with Crippen LogP contribution in [0.2, 0.25) is 0 Å². The molecule has 0 spiro atoms. The minimum Gasteiger partial charge on any atom is -0.372 e. The van der Waals surface area contributed by atoms with Crippen LogP contribution in [0.3, 0.4) is 0 Å². The maximum atomic E-state index is 13.2. The number of benzene rings is 2. The Hall–Kier alpha value is -3.45. The summed E-state index contributed by atoms with van der Waals surface area (Å²) in [6.45, 7) is 8.01. The van der Waals surface area contributed by atoms with Gasteiger partial charge in [0.15, 0.2) is 0 Å². The minimum absolute atomic E-state index is 0.0691. The number of thiophene rings is 1. The fraction of sp³-hybridized carbons (Fsp3) is 0.269. The quantitative estimate of drug-likeness (QED) is 0.513. The molecular formula is C26H28N4O2S. The largest absolute Gasteiger partial charge is 0.372 e. The first kappa shape index (κ1) is 22.7. The van der Waals surface area contributed by atoms with Crippen molar-refractivity contribution in [1.29, 1.82) is 0 Å². The number of fused-ring (bicyclic) bond motifs is 1. The van der Waals surface area contributed by atoms with E-state index in [4.69, 9.17) is 4.99 Å². The molecule has 1 aromatic heterocycles. The first-order chi connectivity index (χ1) is 16.0. The molecule has 0 unspecified atom stereocenters. The van der Waals surface area contributed by atoms with Gasteiger partial charge in [-0.2, -0.15) is 0 Å². The second kappa shape index (κ2) is 10.0. The molecule has 0 radical (unpaired) electrons. The number of amides is 2. The van der Waals surface area contributed by atoms with Crippen LogP contribution in [0.15, 0.2) is 65.0 Å². The number of aryl methyl sites for hydroxylation is 1. The van der Waals surface area contributed by atoms with E-state index >= 15 is 0 Å². The monoisotopic (exact) mass is 460 g/mol. The van der Waals surface area contributed by atoms with Gasteiger partial charge >= 0.3 is 0 Å². The zero-order valence-electron chi connectivity index (χ0n) is 19.2. The van der Waals surface area contributed by atoms with Gasteiger partial charge < -0.3 is 15.1 Å². The molecule has 3 aromatic rings. The molecule has 0 atom stereocenters. The third-order valence-electron chi connectivity index (χ3n) is 5.77. The smallest absolute Gasteiger partial charge is 0.244 e. The topological polar surface area (TPSA) is 65.0 Å². The summed E-state index contributed by atoms with van der Waals surface area (Å²) in [5.74, 6) is -0.382. The first-order valence-corrected chi connectivity index (χ1v) is 12.0. The van der Waals surface area contributed by atoms with Gasteiger partial charge in [0.1, 0.15) is 6.54 Å². The molecule has 4 rings (SSSR count). The number of para-hydroxylation sites is 2. The number of anilines is 3. The Morgan fingerprint density at radius 2 is 1.91 bits per heavy atom. The summed E-state index contributed by atoms with van der Waals surface area (Å²) in [6, 6.07) is 17.4. The molecule has 7 heteroatoms. The fourth-order valence-electron chi connectivity index (χ4n) is 4.01. The number of carbonyl (C=O) groups excluding carboxylic acids is 2. The summed E-state index contributed by atoms with van der Waals surface area (Å²) in [7, 11) is 0. The summed E-state index contributed by atoms with van der Waals surface area (Å²) < 4.78 is 0. The average molecular weight is 461 g/mol. The lowest BCUT2D eigenvalue weighted by molar-refractivity contribution is -0.120. The highest BCUT2D eigenvalue weighted by Gasteiger charge is 2.27. The van der Waals surface area contributed by atoms with Gasteiger partial charge in [-0.3, -0.25) is 9.59 Å². The summed E-state index contributed by atoms with van der Waals surface area (Å²) in [5, 5.41) is 4.95. The summed E-state index contributed by atoms with van der Waals surface area (Å²) in [4.78, 5) is 35.7. The molecule has 0 saturated carbocycles. The van der Waals surface area contributed by atoms with Crippen molar-refractivity contribution in [3.63, 3.8) is 0 Å². The van der Waals surface area contributed by atoms with Gasteiger partial charge in [-0.15, -0.1) is 11.3 Å². The Kier molecular flexibility index (Phi) is 6.89. The average Bonchev–Trinajstić information content (AvgIpc) is 3.31. The Bertz CT molecular complexity index is 1180. The Morgan fingerprint density at radius 3 is 2.61 bits per heavy atom. The Labute approximate surface area is 198 Å². The molecule has 0 aliphatic carbocycles. The first-order valence-electron chi connectivity index (χ1n) is 11.2. The van der Waals surface area contributed by atoms with Crippen LogP contribution in [0.4, 0.5) is 22.7 Å². The molecule has 6 nitrogen and oxygen atoms in total. The number of nitrogens with zero attached hydrogens (tertiary/aromatic N) is 3. The van der Waals surface area contributed by atoms with Crippen LogP contribution in [0.25, 0.3) is 0 Å². The van der Waals surface area contributed by atoms with Crippen LogP contribution in [0.1, 0.15) is 30.7 Å². The maximum Gasteiger partial charge on any atom is 0.244 e. The fourth-order valence-corrected chi connectivity index (χ4v) is 4.72. The van der Waals surface area contributed by atoms with Crippen molar-refractivity contribution in [3.8, 4) is 0 Å². The zero-order chi connectivity index (χ0) is 23.4. The van der Waals surface area contributed by atoms with Gasteiger partial charge in [0.2, 0.25) is 11.8 Å². The molecule has 0 saturated heterocycles. The van der Waals surface area contributed by atoms with E-state index in [0.29, 0.717) is 11.4 Å². The van der Waals surface area contributed by atoms with E-state index in [1.54, 1.807) is 11.3 Å². The van der Waals surface area contributed by atoms with Crippen molar-refractivity contribution >= 4 is 51.6 Å². The SMILES string of the molecule is CCN(CC)c1ccc(NC(=O)CN2C(=O)CC(c3cccs3)=Nc3ccccc32)c(C)c1. The predicted octanol–water partition coefficient (Wildman–Crippen LogP) is 5.40. The van der Waals surface area contributed by atoms with Crippen LogP contribution in [0.5, 0.6) is 0 Å². The molecule has 170 valence electrons. The lowest BCUT2D eigenvalue weighted by Gasteiger charge is -2.23. The number of hydrogen-bond donors (Lipinski definition) is 1. The third-order valence-corrected chi connectivity index (χ3v) is 6.69. The molecule has 0 bridgehead atoms. The molecule has 2 amide bonds. The van der Waals surface area contributed by atoms with E-state index in [0.717, 1.165) is 40.6 Å². The van der Waals surface area contributed by atoms with E-state index < -0.39 is 0 Å². The van der Waals surface area contributed by atoms with E-state index in [-0.39, 0.29) is 24.8 Å². The molecule has 2 aromatic carbocycles. The van der Waals surface area contributed by atoms with Crippen molar-refractivity contribution < 1.29 is 9.59 Å². The summed E-state index contributed by atoms with van der Waals surface area (Å²) in [5.41, 5.74) is 4.94. The van der Waals surface area contributed by atoms with Crippen LogP contribution in [0, 0.1) is 6.92 Å². The molecule has 2 heterocycles. The van der Waals surface area contributed by atoms with Crippen molar-refractivity contribution in [2.24, 2.45) is 4.99 Å². The molecule has 1 N–H and O–H groups in total. The van der Waals surface area contributed by atoms with Crippen LogP contribution in [-0.2, 0) is 9.59 Å². The molecule has 33 heavy (non-hydrogen) atoms. The van der Waals surface area contributed by atoms with Gasteiger partial charge in [0.25, 0.3) is 0 Å². The van der Waals surface area contributed by atoms with Crippen LogP contribution < -0.4 is 15.1 Å². The lowest BCUT2D eigenvalue weighted by Crippen LogP contribution is -2.38. The second-order valence-corrected chi connectivity index (χ2v) is 8.85. The van der Waals surface area contributed by atoms with E-state index in [9.17, 15) is 9.59 Å². The van der Waals surface area contributed by atoms with E-state index in [1.165, 1.54) is 4.90 Å². The Balaban J connectivity index is 1.54. The number of nitrogens with one attached hydrogen (secondary N) is 1. The van der Waals surface area contributed by atoms with Crippen molar-refractivity contribution in [1.82, 2.24) is 0 Å². The van der Waals surface area contributed by atoms with Crippen molar-refractivity contribution in [2.45, 2.75) is 27.2 Å². The predicted molar refractivity (Wildman–Crippen MR) is 137 cm³/mol. The highest BCUT2D eigenvalue weighted by molar-refractivity contribution is 7.12. The van der Waals surface area contributed by atoms with Crippen LogP contribution in [-0.4, -0.2) is 37.2 Å². The van der Waals surface area contributed by atoms with Gasteiger partial charge in [-0.1, -0.05) is 18.2 Å². The van der Waals surface area contributed by atoms with E-state index in [1.807, 2.05) is 60.8 Å². The van der Waals surface area contributed by atoms with Crippen molar-refractivity contribution in [2.75, 3.05) is 34.8 Å². The minimum atomic E-state index is -0.239. The number of aliphatic imine (C=N–C) groups is 1. The summed E-state index contributed by atoms with van der Waals surface area (Å²) >= 11 is 1.56. The summed E-state index contributed by atoms with van der Waals surface area (Å²) in [6.07, 6.45) is 0.153. The molecule has 1 aliphatic rings. The molecule has 0 fully saturated rings. The van der Waals surface area contributed by atoms with Gasteiger partial charge in [0, 0.05) is 29.3 Å². The number of rotatable bonds is 7. The third kappa shape index (κ3) is 4.98. The lowest BCUT2D eigenvalue weighted by atomic mass is 10.1. The second-order valence-electron chi connectivity index (χ2n) is 7.90. The number of hydrogen-bond acceptors (Lipinski definition) is 5. The normalized spacial score (nSPS) is 13.2. The van der Waals surface area contributed by atoms with Gasteiger partial charge in [-0.05, 0) is 68.1 Å². The van der Waals surface area contributed by atoms with Crippen molar-refractivity contribution in [3.05, 3.63) is 70.4 Å². The van der Waals surface area contributed by atoms with Gasteiger partial charge in [-0.25, -0.2) is 4.99 Å². The van der Waals surface area contributed by atoms with E-state index in [2.05, 4.69) is 30.1 Å². The highest BCUT2D eigenvalue weighted by Crippen LogP contribution is 2.33. The highest BCUT2D eigenvalue weighted by atomic mass is 32.1.